The third-order valence-corrected chi connectivity index (χ3v) is 3.56. The summed E-state index contributed by atoms with van der Waals surface area (Å²) in [5, 5.41) is 0.386. The van der Waals surface area contributed by atoms with Crippen molar-refractivity contribution >= 4 is 22.6 Å². The van der Waals surface area contributed by atoms with Crippen LogP contribution in [0.5, 0.6) is 11.5 Å². The number of benzene rings is 2. The highest BCUT2D eigenvalue weighted by atomic mass is 35.5. The van der Waals surface area contributed by atoms with E-state index in [1.165, 1.54) is 26.4 Å². The van der Waals surface area contributed by atoms with Crippen LogP contribution in [0.1, 0.15) is 0 Å². The molecule has 0 atom stereocenters. The number of hydrogen-bond acceptors (Lipinski definition) is 3. The van der Waals surface area contributed by atoms with Crippen molar-refractivity contribution in [2.24, 2.45) is 0 Å². The number of H-pyrrole nitrogens is 1. The third kappa shape index (κ3) is 2.29. The van der Waals surface area contributed by atoms with Gasteiger partial charge in [-0.25, -0.2) is 9.37 Å². The maximum atomic E-state index is 13.2. The largest absolute Gasteiger partial charge is 0.493 e. The molecule has 0 saturated heterocycles. The molecule has 108 valence electrons. The van der Waals surface area contributed by atoms with Crippen LogP contribution < -0.4 is 9.47 Å². The lowest BCUT2D eigenvalue weighted by Gasteiger charge is -2.11. The topological polar surface area (TPSA) is 47.1 Å². The Labute approximate surface area is 125 Å². The number of hydrogen-bond donors (Lipinski definition) is 1. The fourth-order valence-electron chi connectivity index (χ4n) is 2.18. The van der Waals surface area contributed by atoms with Crippen LogP contribution in [0, 0.1) is 5.82 Å². The maximum absolute atomic E-state index is 13.2. The average molecular weight is 307 g/mol. The molecule has 0 radical (unpaired) electrons. The van der Waals surface area contributed by atoms with Crippen molar-refractivity contribution in [3.63, 3.8) is 0 Å². The van der Waals surface area contributed by atoms with Gasteiger partial charge in [0.15, 0.2) is 11.5 Å². The zero-order valence-electron chi connectivity index (χ0n) is 11.4. The van der Waals surface area contributed by atoms with Crippen LogP contribution >= 0.6 is 11.6 Å². The van der Waals surface area contributed by atoms with Crippen molar-refractivity contribution in [3.05, 3.63) is 41.2 Å². The van der Waals surface area contributed by atoms with Crippen LogP contribution in [-0.2, 0) is 0 Å². The number of imidazole rings is 1. The molecule has 0 bridgehead atoms. The second-order valence-electron chi connectivity index (χ2n) is 4.41. The fraction of sp³-hybridized carbons (Fsp3) is 0.133. The Kier molecular flexibility index (Phi) is 3.43. The average Bonchev–Trinajstić information content (AvgIpc) is 2.89. The first-order valence-corrected chi connectivity index (χ1v) is 6.58. The minimum atomic E-state index is -0.323. The van der Waals surface area contributed by atoms with E-state index in [1.807, 2.05) is 0 Å². The first-order chi connectivity index (χ1) is 10.1. The predicted octanol–water partition coefficient (Wildman–Crippen LogP) is 4.04. The molecule has 0 fully saturated rings. The Morgan fingerprint density at radius 1 is 1.14 bits per heavy atom. The van der Waals surface area contributed by atoms with Crippen LogP contribution in [0.15, 0.2) is 30.3 Å². The summed E-state index contributed by atoms with van der Waals surface area (Å²) in [6.45, 7) is 0. The molecule has 1 heterocycles. The van der Waals surface area contributed by atoms with Crippen molar-refractivity contribution in [1.29, 1.82) is 0 Å². The molecule has 4 nitrogen and oxygen atoms in total. The van der Waals surface area contributed by atoms with Gasteiger partial charge in [-0.3, -0.25) is 0 Å². The monoisotopic (exact) mass is 306 g/mol. The highest BCUT2D eigenvalue weighted by Crippen LogP contribution is 2.41. The van der Waals surface area contributed by atoms with Gasteiger partial charge in [-0.15, -0.1) is 0 Å². The Morgan fingerprint density at radius 3 is 2.67 bits per heavy atom. The van der Waals surface area contributed by atoms with Gasteiger partial charge in [0.2, 0.25) is 0 Å². The number of ether oxygens (including phenoxy) is 2. The van der Waals surface area contributed by atoms with E-state index in [9.17, 15) is 4.39 Å². The normalized spacial score (nSPS) is 10.9. The molecule has 0 unspecified atom stereocenters. The molecule has 1 N–H and O–H groups in total. The number of rotatable bonds is 3. The fourth-order valence-corrected chi connectivity index (χ4v) is 2.50. The lowest BCUT2D eigenvalue weighted by atomic mass is 10.2. The maximum Gasteiger partial charge on any atom is 0.180 e. The quantitative estimate of drug-likeness (QED) is 0.794. The smallest absolute Gasteiger partial charge is 0.180 e. The highest BCUT2D eigenvalue weighted by molar-refractivity contribution is 6.35. The van der Waals surface area contributed by atoms with Crippen LogP contribution in [0.3, 0.4) is 0 Å². The molecule has 0 aliphatic heterocycles. The summed E-state index contributed by atoms with van der Waals surface area (Å²) < 4.78 is 23.7. The zero-order chi connectivity index (χ0) is 15.0. The lowest BCUT2D eigenvalue weighted by Crippen LogP contribution is -1.93. The SMILES string of the molecule is COc1ccc(-c2nc3ccc(F)cc3[nH]2)c(Cl)c1OC. The van der Waals surface area contributed by atoms with Gasteiger partial charge in [-0.1, -0.05) is 11.6 Å². The van der Waals surface area contributed by atoms with Crippen LogP contribution in [0.25, 0.3) is 22.4 Å². The van der Waals surface area contributed by atoms with Gasteiger partial charge in [-0.05, 0) is 30.3 Å². The van der Waals surface area contributed by atoms with Crippen molar-refractivity contribution in [1.82, 2.24) is 9.97 Å². The number of aromatic nitrogens is 2. The van der Waals surface area contributed by atoms with Crippen molar-refractivity contribution in [2.45, 2.75) is 0 Å². The highest BCUT2D eigenvalue weighted by Gasteiger charge is 2.16. The molecule has 1 aromatic heterocycles. The van der Waals surface area contributed by atoms with E-state index in [0.29, 0.717) is 38.9 Å². The molecule has 6 heteroatoms. The van der Waals surface area contributed by atoms with Gasteiger partial charge in [0.25, 0.3) is 0 Å². The Morgan fingerprint density at radius 2 is 1.95 bits per heavy atom. The molecule has 0 saturated carbocycles. The van der Waals surface area contributed by atoms with Crippen molar-refractivity contribution < 1.29 is 13.9 Å². The van der Waals surface area contributed by atoms with Crippen LogP contribution in [0.2, 0.25) is 5.02 Å². The molecule has 2 aromatic carbocycles. The van der Waals surface area contributed by atoms with E-state index in [1.54, 1.807) is 18.2 Å². The first-order valence-electron chi connectivity index (χ1n) is 6.20. The van der Waals surface area contributed by atoms with Gasteiger partial charge < -0.3 is 14.5 Å². The molecular weight excluding hydrogens is 295 g/mol. The third-order valence-electron chi connectivity index (χ3n) is 3.18. The standard InChI is InChI=1S/C15H12ClFN2O2/c1-20-12-6-4-9(13(16)14(12)21-2)15-18-10-5-3-8(17)7-11(10)19-15/h3-7H,1-2H3,(H,18,19). The molecule has 0 aliphatic carbocycles. The number of nitrogens with one attached hydrogen (secondary N) is 1. The summed E-state index contributed by atoms with van der Waals surface area (Å²) in [5.41, 5.74) is 1.93. The summed E-state index contributed by atoms with van der Waals surface area (Å²) in [6, 6.07) is 7.88. The van der Waals surface area contributed by atoms with Gasteiger partial charge in [0.1, 0.15) is 11.6 Å². The number of halogens is 2. The number of aromatic amines is 1. The molecular formula is C15H12ClFN2O2. The van der Waals surface area contributed by atoms with Crippen LogP contribution in [0.4, 0.5) is 4.39 Å². The minimum Gasteiger partial charge on any atom is -0.493 e. The summed E-state index contributed by atoms with van der Waals surface area (Å²) in [4.78, 5) is 7.46. The molecule has 3 rings (SSSR count). The lowest BCUT2D eigenvalue weighted by molar-refractivity contribution is 0.355. The molecule has 3 aromatic rings. The van der Waals surface area contributed by atoms with E-state index < -0.39 is 0 Å². The predicted molar refractivity (Wildman–Crippen MR) is 79.6 cm³/mol. The van der Waals surface area contributed by atoms with E-state index in [2.05, 4.69) is 9.97 Å². The second-order valence-corrected chi connectivity index (χ2v) is 4.79. The van der Waals surface area contributed by atoms with Gasteiger partial charge >= 0.3 is 0 Å². The second kappa shape index (κ2) is 5.26. The van der Waals surface area contributed by atoms with Crippen molar-refractivity contribution in [2.75, 3.05) is 14.2 Å². The van der Waals surface area contributed by atoms with E-state index >= 15 is 0 Å². The molecule has 21 heavy (non-hydrogen) atoms. The van der Waals surface area contributed by atoms with E-state index in [-0.39, 0.29) is 5.82 Å². The van der Waals surface area contributed by atoms with Crippen LogP contribution in [-0.4, -0.2) is 24.2 Å². The number of fused-ring (bicyclic) bond motifs is 1. The van der Waals surface area contributed by atoms with Crippen molar-refractivity contribution in [3.8, 4) is 22.9 Å². The summed E-state index contributed by atoms with van der Waals surface area (Å²) in [7, 11) is 3.05. The summed E-state index contributed by atoms with van der Waals surface area (Å²) in [5.74, 6) is 1.19. The number of nitrogens with zero attached hydrogens (tertiary/aromatic N) is 1. The number of methoxy groups -OCH3 is 2. The Balaban J connectivity index is 2.18. The van der Waals surface area contributed by atoms with Gasteiger partial charge in [0, 0.05) is 5.56 Å². The molecule has 0 aliphatic rings. The Hall–Kier alpha value is -2.27. The summed E-state index contributed by atoms with van der Waals surface area (Å²) in [6.07, 6.45) is 0. The minimum absolute atomic E-state index is 0.323. The van der Waals surface area contributed by atoms with E-state index in [0.717, 1.165) is 0 Å². The van der Waals surface area contributed by atoms with Gasteiger partial charge in [-0.2, -0.15) is 0 Å². The van der Waals surface area contributed by atoms with Gasteiger partial charge in [0.05, 0.1) is 30.3 Å². The Bertz CT molecular complexity index is 817. The summed E-state index contributed by atoms with van der Waals surface area (Å²) >= 11 is 6.35. The molecule has 0 amide bonds. The first kappa shape index (κ1) is 13.7. The van der Waals surface area contributed by atoms with E-state index in [4.69, 9.17) is 21.1 Å². The zero-order valence-corrected chi connectivity index (χ0v) is 12.2. The molecule has 0 spiro atoms.